The molecule has 9 heteroatoms. The molecule has 1 aromatic rings. The lowest BCUT2D eigenvalue weighted by molar-refractivity contribution is -0.136. The van der Waals surface area contributed by atoms with Gasteiger partial charge < -0.3 is 19.9 Å². The lowest BCUT2D eigenvalue weighted by Gasteiger charge is -2.36. The molecule has 3 aliphatic rings. The van der Waals surface area contributed by atoms with Gasteiger partial charge in [-0.3, -0.25) is 4.79 Å². The SMILES string of the molecule is COC(=O)C1=C(C)N=C2SC=C(CC(=O)NCC[C@@H]3CCCN3C)N2[C@@H]1c1ccccc1Cl. The van der Waals surface area contributed by atoms with Gasteiger partial charge in [0.15, 0.2) is 5.17 Å². The number of benzene rings is 1. The number of likely N-dealkylation sites (tertiary alicyclic amines) is 1. The molecule has 0 bridgehead atoms. The molecule has 0 spiro atoms. The summed E-state index contributed by atoms with van der Waals surface area (Å²) in [6, 6.07) is 7.45. The molecule has 1 N–H and O–H groups in total. The molecule has 7 nitrogen and oxygen atoms in total. The van der Waals surface area contributed by atoms with Crippen molar-refractivity contribution in [2.75, 3.05) is 27.2 Å². The highest BCUT2D eigenvalue weighted by atomic mass is 35.5. The topological polar surface area (TPSA) is 74.2 Å². The third kappa shape index (κ3) is 4.98. The number of nitrogens with zero attached hydrogens (tertiary/aromatic N) is 3. The average molecular weight is 489 g/mol. The van der Waals surface area contributed by atoms with E-state index >= 15 is 0 Å². The number of thioether (sulfide) groups is 1. The summed E-state index contributed by atoms with van der Waals surface area (Å²) in [5.74, 6) is -0.505. The van der Waals surface area contributed by atoms with Gasteiger partial charge in [0.2, 0.25) is 5.91 Å². The van der Waals surface area contributed by atoms with Crippen molar-refractivity contribution in [3.8, 4) is 0 Å². The molecule has 4 rings (SSSR count). The van der Waals surface area contributed by atoms with Crippen molar-refractivity contribution in [1.29, 1.82) is 0 Å². The number of fused-ring (bicyclic) bond motifs is 1. The first-order chi connectivity index (χ1) is 15.9. The number of nitrogens with one attached hydrogen (secondary N) is 1. The van der Waals surface area contributed by atoms with Gasteiger partial charge in [0, 0.05) is 23.3 Å². The molecule has 3 heterocycles. The summed E-state index contributed by atoms with van der Waals surface area (Å²) < 4.78 is 5.08. The van der Waals surface area contributed by atoms with Gasteiger partial charge in [0.1, 0.15) is 0 Å². The van der Waals surface area contributed by atoms with E-state index in [4.69, 9.17) is 16.3 Å². The van der Waals surface area contributed by atoms with E-state index in [1.807, 2.05) is 28.5 Å². The van der Waals surface area contributed by atoms with Crippen molar-refractivity contribution in [3.05, 3.63) is 57.2 Å². The van der Waals surface area contributed by atoms with E-state index in [9.17, 15) is 9.59 Å². The van der Waals surface area contributed by atoms with Crippen LogP contribution in [0.25, 0.3) is 0 Å². The van der Waals surface area contributed by atoms with E-state index in [-0.39, 0.29) is 12.3 Å². The van der Waals surface area contributed by atoms with Gasteiger partial charge >= 0.3 is 5.97 Å². The number of carbonyl (C=O) groups is 2. The Labute approximate surface area is 203 Å². The van der Waals surface area contributed by atoms with Crippen LogP contribution < -0.4 is 5.32 Å². The van der Waals surface area contributed by atoms with Crippen LogP contribution >= 0.6 is 23.4 Å². The largest absolute Gasteiger partial charge is 0.466 e. The molecule has 176 valence electrons. The lowest BCUT2D eigenvalue weighted by atomic mass is 9.94. The highest BCUT2D eigenvalue weighted by Crippen LogP contribution is 2.46. The van der Waals surface area contributed by atoms with Crippen LogP contribution in [0.5, 0.6) is 0 Å². The maximum absolute atomic E-state index is 12.8. The summed E-state index contributed by atoms with van der Waals surface area (Å²) >= 11 is 8.00. The van der Waals surface area contributed by atoms with Gasteiger partial charge in [0.25, 0.3) is 0 Å². The second-order valence-corrected chi connectivity index (χ2v) is 9.74. The molecule has 3 aliphatic heterocycles. The highest BCUT2D eigenvalue weighted by molar-refractivity contribution is 8.16. The van der Waals surface area contributed by atoms with Crippen LogP contribution in [-0.2, 0) is 14.3 Å². The Morgan fingerprint density at radius 1 is 1.33 bits per heavy atom. The number of amides is 1. The first-order valence-electron chi connectivity index (χ1n) is 11.1. The first-order valence-corrected chi connectivity index (χ1v) is 12.4. The summed E-state index contributed by atoms with van der Waals surface area (Å²) in [4.78, 5) is 34.5. The van der Waals surface area contributed by atoms with Crippen LogP contribution in [-0.4, -0.2) is 60.1 Å². The number of ether oxygens (including phenoxy) is 1. The molecule has 1 amide bonds. The van der Waals surface area contributed by atoms with Crippen molar-refractivity contribution >= 4 is 40.4 Å². The van der Waals surface area contributed by atoms with Gasteiger partial charge in [0.05, 0.1) is 30.8 Å². The van der Waals surface area contributed by atoms with E-state index in [2.05, 4.69) is 22.3 Å². The summed E-state index contributed by atoms with van der Waals surface area (Å²) in [6.07, 6.45) is 3.54. The Morgan fingerprint density at radius 3 is 2.82 bits per heavy atom. The summed E-state index contributed by atoms with van der Waals surface area (Å²) in [7, 11) is 3.50. The number of carbonyl (C=O) groups excluding carboxylic acids is 2. The highest BCUT2D eigenvalue weighted by Gasteiger charge is 2.41. The van der Waals surface area contributed by atoms with Crippen molar-refractivity contribution < 1.29 is 14.3 Å². The number of halogens is 1. The van der Waals surface area contributed by atoms with E-state index in [0.717, 1.165) is 29.4 Å². The number of rotatable bonds is 7. The van der Waals surface area contributed by atoms with Crippen LogP contribution in [0.2, 0.25) is 5.02 Å². The number of allylic oxidation sites excluding steroid dienone is 1. The van der Waals surface area contributed by atoms with Crippen LogP contribution in [0.3, 0.4) is 0 Å². The van der Waals surface area contributed by atoms with E-state index in [1.54, 1.807) is 13.0 Å². The predicted octanol–water partition coefficient (Wildman–Crippen LogP) is 4.08. The third-order valence-electron chi connectivity index (χ3n) is 6.42. The molecule has 33 heavy (non-hydrogen) atoms. The number of methoxy groups -OCH3 is 1. The monoisotopic (exact) mass is 488 g/mol. The standard InChI is InChI=1S/C24H29ClN4O3S/c1-15-21(23(31)32-3)22(18-8-4-5-9-19(18)25)29-17(14-33-24(29)27-15)13-20(30)26-11-10-16-7-6-12-28(16)2/h4-5,8-9,14,16,22H,6-7,10-13H2,1-3H3,(H,26,30)/t16-,22+/m0/s1. The Morgan fingerprint density at radius 2 is 2.12 bits per heavy atom. The van der Waals surface area contributed by atoms with E-state index in [1.165, 1.54) is 31.7 Å². The molecule has 1 aromatic carbocycles. The number of amidine groups is 1. The van der Waals surface area contributed by atoms with Gasteiger partial charge in [-0.15, -0.1) is 0 Å². The molecule has 2 atom stereocenters. The predicted molar refractivity (Wildman–Crippen MR) is 132 cm³/mol. The van der Waals surface area contributed by atoms with Crippen LogP contribution in [0.4, 0.5) is 0 Å². The smallest absolute Gasteiger partial charge is 0.338 e. The Balaban J connectivity index is 1.53. The molecule has 0 saturated carbocycles. The Hall–Kier alpha value is -2.29. The van der Waals surface area contributed by atoms with Crippen molar-refractivity contribution in [1.82, 2.24) is 15.1 Å². The summed E-state index contributed by atoms with van der Waals surface area (Å²) in [6.45, 7) is 3.57. The van der Waals surface area contributed by atoms with Crippen molar-refractivity contribution in [2.24, 2.45) is 4.99 Å². The van der Waals surface area contributed by atoms with Crippen LogP contribution in [0, 0.1) is 0 Å². The molecule has 0 aliphatic carbocycles. The number of esters is 1. The molecular weight excluding hydrogens is 460 g/mol. The normalized spacial score (nSPS) is 22.7. The van der Waals surface area contributed by atoms with Gasteiger partial charge in [-0.2, -0.15) is 0 Å². The maximum Gasteiger partial charge on any atom is 0.338 e. The second-order valence-electron chi connectivity index (χ2n) is 8.50. The zero-order valence-corrected chi connectivity index (χ0v) is 20.7. The minimum absolute atomic E-state index is 0.0486. The number of hydrogen-bond donors (Lipinski definition) is 1. The van der Waals surface area contributed by atoms with Crippen molar-refractivity contribution in [2.45, 2.75) is 44.7 Å². The minimum Gasteiger partial charge on any atom is -0.466 e. The van der Waals surface area contributed by atoms with Crippen LogP contribution in [0.15, 0.2) is 51.6 Å². The van der Waals surface area contributed by atoms with Crippen LogP contribution in [0.1, 0.15) is 44.2 Å². The molecular formula is C24H29ClN4O3S. The fourth-order valence-electron chi connectivity index (χ4n) is 4.68. The first kappa shape index (κ1) is 23.9. The molecule has 0 radical (unpaired) electrons. The zero-order valence-electron chi connectivity index (χ0n) is 19.1. The van der Waals surface area contributed by atoms with E-state index < -0.39 is 12.0 Å². The van der Waals surface area contributed by atoms with Gasteiger partial charge in [-0.05, 0) is 56.8 Å². The van der Waals surface area contributed by atoms with Crippen molar-refractivity contribution in [3.63, 3.8) is 0 Å². The van der Waals surface area contributed by atoms with Gasteiger partial charge in [-0.25, -0.2) is 9.79 Å². The fourth-order valence-corrected chi connectivity index (χ4v) is 5.88. The molecule has 0 aromatic heterocycles. The maximum atomic E-state index is 12.8. The Kier molecular flexibility index (Phi) is 7.46. The van der Waals surface area contributed by atoms with Gasteiger partial charge in [-0.1, -0.05) is 41.6 Å². The Bertz CT molecular complexity index is 1040. The quantitative estimate of drug-likeness (QED) is 0.583. The zero-order chi connectivity index (χ0) is 23.5. The lowest BCUT2D eigenvalue weighted by Crippen LogP contribution is -2.38. The molecule has 1 saturated heterocycles. The summed E-state index contributed by atoms with van der Waals surface area (Å²) in [5, 5.41) is 6.26. The second kappa shape index (κ2) is 10.3. The average Bonchev–Trinajstić information content (AvgIpc) is 3.38. The summed E-state index contributed by atoms with van der Waals surface area (Å²) in [5.41, 5.74) is 2.56. The number of hydrogen-bond acceptors (Lipinski definition) is 7. The molecule has 0 unspecified atom stereocenters. The minimum atomic E-state index is -0.514. The van der Waals surface area contributed by atoms with E-state index in [0.29, 0.717) is 28.9 Å². The third-order valence-corrected chi connectivity index (χ3v) is 7.65. The number of aliphatic imine (C=N–C) groups is 1. The fraction of sp³-hybridized carbons (Fsp3) is 0.458. The molecule has 1 fully saturated rings.